The Labute approximate surface area is 104 Å². The summed E-state index contributed by atoms with van der Waals surface area (Å²) in [5.41, 5.74) is 5.48. The van der Waals surface area contributed by atoms with Gasteiger partial charge in [0.05, 0.1) is 0 Å². The molecule has 0 aromatic heterocycles. The van der Waals surface area contributed by atoms with Gasteiger partial charge in [-0.05, 0) is 13.3 Å². The van der Waals surface area contributed by atoms with E-state index in [1.807, 2.05) is 0 Å². The summed E-state index contributed by atoms with van der Waals surface area (Å²) in [7, 11) is 0. The molecule has 2 aliphatic heterocycles. The first kappa shape index (κ1) is 13.6. The summed E-state index contributed by atoms with van der Waals surface area (Å²) in [6.45, 7) is 2.28. The standard InChI is InChI=1S/C11H18F3N3O/c1-7(15)10(11(12,13)14)16-4-5-17-8(6-16)2-3-9(17)18/h7-8,10H,2-6,15H2,1H3. The van der Waals surface area contributed by atoms with Gasteiger partial charge < -0.3 is 10.6 Å². The number of carbonyl (C=O) groups is 1. The summed E-state index contributed by atoms with van der Waals surface area (Å²) in [5, 5.41) is 0. The quantitative estimate of drug-likeness (QED) is 0.794. The second-order valence-electron chi connectivity index (χ2n) is 5.12. The van der Waals surface area contributed by atoms with Gasteiger partial charge in [0.25, 0.3) is 0 Å². The smallest absolute Gasteiger partial charge is 0.337 e. The van der Waals surface area contributed by atoms with Crippen LogP contribution in [0.15, 0.2) is 0 Å². The Morgan fingerprint density at radius 3 is 2.61 bits per heavy atom. The Hall–Kier alpha value is -0.820. The number of alkyl halides is 3. The van der Waals surface area contributed by atoms with Crippen molar-refractivity contribution in [3.63, 3.8) is 0 Å². The molecule has 3 unspecified atom stereocenters. The van der Waals surface area contributed by atoms with Crippen molar-refractivity contribution in [3.8, 4) is 0 Å². The molecule has 2 fully saturated rings. The molecule has 2 saturated heterocycles. The third-order valence-corrected chi connectivity index (χ3v) is 3.75. The molecule has 4 nitrogen and oxygen atoms in total. The van der Waals surface area contributed by atoms with Crippen molar-refractivity contribution in [3.05, 3.63) is 0 Å². The van der Waals surface area contributed by atoms with Crippen LogP contribution in [-0.2, 0) is 4.79 Å². The average molecular weight is 265 g/mol. The fraction of sp³-hybridized carbons (Fsp3) is 0.909. The molecule has 0 spiro atoms. The van der Waals surface area contributed by atoms with Crippen LogP contribution in [-0.4, -0.2) is 59.6 Å². The van der Waals surface area contributed by atoms with Crippen molar-refractivity contribution < 1.29 is 18.0 Å². The first-order valence-electron chi connectivity index (χ1n) is 6.16. The molecule has 0 aromatic carbocycles. The highest BCUT2D eigenvalue weighted by Crippen LogP contribution is 2.31. The molecular formula is C11H18F3N3O. The van der Waals surface area contributed by atoms with Gasteiger partial charge in [0, 0.05) is 38.1 Å². The molecule has 104 valence electrons. The molecule has 3 atom stereocenters. The van der Waals surface area contributed by atoms with Crippen LogP contribution >= 0.6 is 0 Å². The third kappa shape index (κ3) is 2.47. The molecule has 0 bridgehead atoms. The van der Waals surface area contributed by atoms with Gasteiger partial charge in [-0.15, -0.1) is 0 Å². The number of piperazine rings is 1. The predicted octanol–water partition coefficient (Wildman–Crippen LogP) is 0.571. The van der Waals surface area contributed by atoms with Gasteiger partial charge in [-0.25, -0.2) is 0 Å². The summed E-state index contributed by atoms with van der Waals surface area (Å²) in [4.78, 5) is 14.6. The van der Waals surface area contributed by atoms with Gasteiger partial charge in [-0.1, -0.05) is 0 Å². The predicted molar refractivity (Wildman–Crippen MR) is 59.8 cm³/mol. The van der Waals surface area contributed by atoms with Crippen LogP contribution in [0.2, 0.25) is 0 Å². The monoisotopic (exact) mass is 265 g/mol. The molecule has 0 aliphatic carbocycles. The molecular weight excluding hydrogens is 247 g/mol. The van der Waals surface area contributed by atoms with Gasteiger partial charge in [0.2, 0.25) is 5.91 Å². The highest BCUT2D eigenvalue weighted by molar-refractivity contribution is 5.78. The lowest BCUT2D eigenvalue weighted by Crippen LogP contribution is -2.62. The van der Waals surface area contributed by atoms with Crippen LogP contribution in [0.3, 0.4) is 0 Å². The van der Waals surface area contributed by atoms with E-state index in [9.17, 15) is 18.0 Å². The number of hydrogen-bond acceptors (Lipinski definition) is 3. The Morgan fingerprint density at radius 2 is 2.06 bits per heavy atom. The fourth-order valence-electron chi connectivity index (χ4n) is 2.98. The molecule has 1 amide bonds. The number of carbonyl (C=O) groups excluding carboxylic acids is 1. The van der Waals surface area contributed by atoms with Crippen LogP contribution in [0, 0.1) is 0 Å². The van der Waals surface area contributed by atoms with Crippen molar-refractivity contribution in [2.45, 2.75) is 44.1 Å². The SMILES string of the molecule is CC(N)C(N1CCN2C(=O)CCC2C1)C(F)(F)F. The summed E-state index contributed by atoms with van der Waals surface area (Å²) < 4.78 is 38.9. The Bertz CT molecular complexity index is 332. The second kappa shape index (κ2) is 4.70. The first-order chi connectivity index (χ1) is 8.30. The van der Waals surface area contributed by atoms with E-state index in [1.54, 1.807) is 4.90 Å². The molecule has 2 aliphatic rings. The van der Waals surface area contributed by atoms with E-state index in [-0.39, 0.29) is 25.0 Å². The Kier molecular flexibility index (Phi) is 3.55. The van der Waals surface area contributed by atoms with E-state index < -0.39 is 18.3 Å². The average Bonchev–Trinajstić information content (AvgIpc) is 2.57. The van der Waals surface area contributed by atoms with E-state index in [0.29, 0.717) is 19.4 Å². The minimum atomic E-state index is -4.32. The Morgan fingerprint density at radius 1 is 1.39 bits per heavy atom. The number of fused-ring (bicyclic) bond motifs is 1. The number of rotatable bonds is 2. The lowest BCUT2D eigenvalue weighted by molar-refractivity contribution is -0.193. The van der Waals surface area contributed by atoms with E-state index in [4.69, 9.17) is 5.73 Å². The maximum atomic E-state index is 13.0. The lowest BCUT2D eigenvalue weighted by Gasteiger charge is -2.43. The van der Waals surface area contributed by atoms with Crippen molar-refractivity contribution in [1.82, 2.24) is 9.80 Å². The number of hydrogen-bond donors (Lipinski definition) is 1. The van der Waals surface area contributed by atoms with E-state index >= 15 is 0 Å². The van der Waals surface area contributed by atoms with Crippen LogP contribution in [0.4, 0.5) is 13.2 Å². The number of nitrogens with two attached hydrogens (primary N) is 1. The summed E-state index contributed by atoms with van der Waals surface area (Å²) in [6, 6.07) is -2.65. The molecule has 2 heterocycles. The van der Waals surface area contributed by atoms with Crippen LogP contribution < -0.4 is 5.73 Å². The maximum Gasteiger partial charge on any atom is 0.405 e. The van der Waals surface area contributed by atoms with Gasteiger partial charge in [-0.2, -0.15) is 13.2 Å². The normalized spacial score (nSPS) is 29.3. The largest absolute Gasteiger partial charge is 0.405 e. The van der Waals surface area contributed by atoms with Gasteiger partial charge in [0.1, 0.15) is 6.04 Å². The number of halogens is 3. The van der Waals surface area contributed by atoms with Crippen LogP contribution in [0.25, 0.3) is 0 Å². The highest BCUT2D eigenvalue weighted by Gasteiger charge is 2.48. The molecule has 0 aromatic rings. The van der Waals surface area contributed by atoms with Crippen molar-refractivity contribution in [1.29, 1.82) is 0 Å². The van der Waals surface area contributed by atoms with Gasteiger partial charge >= 0.3 is 6.18 Å². The summed E-state index contributed by atoms with van der Waals surface area (Å²) >= 11 is 0. The molecule has 18 heavy (non-hydrogen) atoms. The van der Waals surface area contributed by atoms with Gasteiger partial charge in [-0.3, -0.25) is 9.69 Å². The maximum absolute atomic E-state index is 13.0. The summed E-state index contributed by atoms with van der Waals surface area (Å²) in [5.74, 6) is 0.0593. The zero-order valence-electron chi connectivity index (χ0n) is 10.3. The first-order valence-corrected chi connectivity index (χ1v) is 6.16. The topological polar surface area (TPSA) is 49.6 Å². The molecule has 0 radical (unpaired) electrons. The fourth-order valence-corrected chi connectivity index (χ4v) is 2.98. The van der Waals surface area contributed by atoms with Crippen molar-refractivity contribution >= 4 is 5.91 Å². The molecule has 2 N–H and O–H groups in total. The zero-order chi connectivity index (χ0) is 13.5. The highest BCUT2D eigenvalue weighted by atomic mass is 19.4. The number of nitrogens with zero attached hydrogens (tertiary/aromatic N) is 2. The minimum absolute atomic E-state index is 0.0593. The van der Waals surface area contributed by atoms with E-state index in [1.165, 1.54) is 11.8 Å². The lowest BCUT2D eigenvalue weighted by atomic mass is 10.0. The van der Waals surface area contributed by atoms with Crippen molar-refractivity contribution in [2.24, 2.45) is 5.73 Å². The second-order valence-corrected chi connectivity index (χ2v) is 5.12. The van der Waals surface area contributed by atoms with Crippen molar-refractivity contribution in [2.75, 3.05) is 19.6 Å². The van der Waals surface area contributed by atoms with E-state index in [0.717, 1.165) is 0 Å². The third-order valence-electron chi connectivity index (χ3n) is 3.75. The minimum Gasteiger partial charge on any atom is -0.337 e. The zero-order valence-corrected chi connectivity index (χ0v) is 10.3. The van der Waals surface area contributed by atoms with Crippen LogP contribution in [0.1, 0.15) is 19.8 Å². The molecule has 7 heteroatoms. The van der Waals surface area contributed by atoms with Gasteiger partial charge in [0.15, 0.2) is 0 Å². The molecule has 0 saturated carbocycles. The Balaban J connectivity index is 2.08. The molecule has 2 rings (SSSR count). The number of amides is 1. The summed E-state index contributed by atoms with van der Waals surface area (Å²) in [6.07, 6.45) is -3.22. The van der Waals surface area contributed by atoms with Crippen LogP contribution in [0.5, 0.6) is 0 Å². The van der Waals surface area contributed by atoms with E-state index in [2.05, 4.69) is 0 Å².